The molecule has 0 aliphatic rings. The zero-order valence-corrected chi connectivity index (χ0v) is 15.4. The van der Waals surface area contributed by atoms with E-state index in [-0.39, 0.29) is 25.4 Å². The molecule has 0 fully saturated rings. The van der Waals surface area contributed by atoms with E-state index in [9.17, 15) is 9.59 Å². The second-order valence-corrected chi connectivity index (χ2v) is 6.63. The topological polar surface area (TPSA) is 106 Å². The van der Waals surface area contributed by atoms with E-state index in [4.69, 9.17) is 9.26 Å². The molecule has 2 amide bonds. The zero-order chi connectivity index (χ0) is 19.1. The Hall–Kier alpha value is -3.20. The number of carbonyl (C=O) groups is 2. The Morgan fingerprint density at radius 3 is 2.67 bits per heavy atom. The van der Waals surface area contributed by atoms with Crippen molar-refractivity contribution in [3.8, 4) is 16.5 Å². The maximum Gasteiger partial charge on any atom is 0.276 e. The summed E-state index contributed by atoms with van der Waals surface area (Å²) in [6, 6.07) is 11.1. The predicted octanol–water partition coefficient (Wildman–Crippen LogP) is 2.27. The molecule has 3 aromatic rings. The molecule has 0 aliphatic heterocycles. The molecule has 0 aliphatic carbocycles. The summed E-state index contributed by atoms with van der Waals surface area (Å²) >= 11 is 1.51. The lowest BCUT2D eigenvalue weighted by Gasteiger charge is -2.08. The summed E-state index contributed by atoms with van der Waals surface area (Å²) < 4.78 is 10.4. The number of hydrogen-bond donors (Lipinski definition) is 2. The summed E-state index contributed by atoms with van der Waals surface area (Å²) in [5, 5.41) is 5.80. The third-order valence-electron chi connectivity index (χ3n) is 3.51. The van der Waals surface area contributed by atoms with E-state index >= 15 is 0 Å². The lowest BCUT2D eigenvalue weighted by molar-refractivity contribution is -0.130. The maximum absolute atomic E-state index is 11.8. The summed E-state index contributed by atoms with van der Waals surface area (Å²) in [6.45, 7) is 1.76. The van der Waals surface area contributed by atoms with Crippen LogP contribution in [0.1, 0.15) is 17.9 Å². The van der Waals surface area contributed by atoms with Crippen molar-refractivity contribution in [2.75, 3.05) is 6.61 Å². The van der Waals surface area contributed by atoms with Gasteiger partial charge in [-0.1, -0.05) is 28.9 Å². The number of hydrazine groups is 1. The first-order valence-electron chi connectivity index (χ1n) is 8.24. The number of aromatic nitrogens is 2. The van der Waals surface area contributed by atoms with Gasteiger partial charge in [0, 0.05) is 12.8 Å². The van der Waals surface area contributed by atoms with Crippen molar-refractivity contribution in [3.63, 3.8) is 0 Å². The summed E-state index contributed by atoms with van der Waals surface area (Å²) in [7, 11) is 0. The minimum Gasteiger partial charge on any atom is -0.484 e. The summed E-state index contributed by atoms with van der Waals surface area (Å²) in [4.78, 5) is 28.7. The highest BCUT2D eigenvalue weighted by atomic mass is 32.1. The fraction of sp³-hybridized carbons (Fsp3) is 0.222. The first-order valence-corrected chi connectivity index (χ1v) is 9.12. The number of amides is 2. The fourth-order valence-corrected chi connectivity index (χ4v) is 2.75. The molecule has 0 bridgehead atoms. The molecule has 2 aromatic heterocycles. The third-order valence-corrected chi connectivity index (χ3v) is 4.37. The van der Waals surface area contributed by atoms with Crippen LogP contribution in [0.3, 0.4) is 0 Å². The van der Waals surface area contributed by atoms with Gasteiger partial charge in [0.1, 0.15) is 5.75 Å². The highest BCUT2D eigenvalue weighted by molar-refractivity contribution is 7.13. The largest absolute Gasteiger partial charge is 0.484 e. The number of benzene rings is 1. The van der Waals surface area contributed by atoms with Gasteiger partial charge in [-0.25, -0.2) is 0 Å². The van der Waals surface area contributed by atoms with Gasteiger partial charge in [0.25, 0.3) is 5.91 Å². The summed E-state index contributed by atoms with van der Waals surface area (Å²) in [5.74, 6) is 0.626. The van der Waals surface area contributed by atoms with Crippen molar-refractivity contribution >= 4 is 23.2 Å². The fourth-order valence-electron chi connectivity index (χ4n) is 2.10. The van der Waals surface area contributed by atoms with Gasteiger partial charge in [-0.3, -0.25) is 20.4 Å². The molecule has 0 spiro atoms. The van der Waals surface area contributed by atoms with Crippen LogP contribution >= 0.6 is 11.3 Å². The molecular formula is C18H18N4O4S. The molecule has 0 atom stereocenters. The Morgan fingerprint density at radius 1 is 1.15 bits per heavy atom. The summed E-state index contributed by atoms with van der Waals surface area (Å²) in [6.07, 6.45) is 0.380. The van der Waals surface area contributed by atoms with Crippen LogP contribution in [0.5, 0.6) is 5.75 Å². The van der Waals surface area contributed by atoms with Crippen LogP contribution in [0.25, 0.3) is 10.7 Å². The Labute approximate surface area is 159 Å². The van der Waals surface area contributed by atoms with Gasteiger partial charge in [-0.05, 0) is 30.5 Å². The molecule has 3 rings (SSSR count). The number of aryl methyl sites for hydroxylation is 2. The second kappa shape index (κ2) is 8.95. The average molecular weight is 386 g/mol. The van der Waals surface area contributed by atoms with Gasteiger partial charge in [0.05, 0.1) is 4.88 Å². The second-order valence-electron chi connectivity index (χ2n) is 5.69. The molecule has 0 saturated heterocycles. The molecule has 2 heterocycles. The van der Waals surface area contributed by atoms with E-state index in [1.165, 1.54) is 11.3 Å². The molecule has 2 N–H and O–H groups in total. The molecule has 9 heteroatoms. The smallest absolute Gasteiger partial charge is 0.276 e. The molecular weight excluding hydrogens is 368 g/mol. The Morgan fingerprint density at radius 2 is 1.93 bits per heavy atom. The normalized spacial score (nSPS) is 10.4. The standard InChI is InChI=1S/C18H18N4O4S/c1-12-4-6-13(7-5-12)25-11-16(24)21-20-15(23)8-9-17-19-18(22-26-17)14-3-2-10-27-14/h2-7,10H,8-9,11H2,1H3,(H,20,23)(H,21,24). The van der Waals surface area contributed by atoms with Gasteiger partial charge < -0.3 is 9.26 Å². The van der Waals surface area contributed by atoms with Crippen molar-refractivity contribution in [2.24, 2.45) is 0 Å². The van der Waals surface area contributed by atoms with Crippen LogP contribution in [0.4, 0.5) is 0 Å². The van der Waals surface area contributed by atoms with Crippen LogP contribution in [-0.4, -0.2) is 28.6 Å². The number of ether oxygens (including phenoxy) is 1. The predicted molar refractivity (Wildman–Crippen MR) is 98.9 cm³/mol. The van der Waals surface area contributed by atoms with Crippen molar-refractivity contribution in [1.29, 1.82) is 0 Å². The Kier molecular flexibility index (Phi) is 6.16. The highest BCUT2D eigenvalue weighted by Crippen LogP contribution is 2.21. The first kappa shape index (κ1) is 18.6. The van der Waals surface area contributed by atoms with E-state index in [1.807, 2.05) is 36.6 Å². The Balaban J connectivity index is 1.35. The van der Waals surface area contributed by atoms with Gasteiger partial charge in [0.15, 0.2) is 6.61 Å². The molecule has 0 saturated carbocycles. The minimum absolute atomic E-state index is 0.102. The molecule has 8 nitrogen and oxygen atoms in total. The number of thiophene rings is 1. The maximum atomic E-state index is 11.8. The quantitative estimate of drug-likeness (QED) is 0.603. The molecule has 0 unspecified atom stereocenters. The highest BCUT2D eigenvalue weighted by Gasteiger charge is 2.12. The average Bonchev–Trinajstić information content (AvgIpc) is 3.35. The zero-order valence-electron chi connectivity index (χ0n) is 14.6. The van der Waals surface area contributed by atoms with Gasteiger partial charge in [0.2, 0.25) is 17.6 Å². The van der Waals surface area contributed by atoms with Gasteiger partial charge in [-0.2, -0.15) is 4.98 Å². The van der Waals surface area contributed by atoms with E-state index in [1.54, 1.807) is 12.1 Å². The van der Waals surface area contributed by atoms with Crippen LogP contribution in [0.2, 0.25) is 0 Å². The SMILES string of the molecule is Cc1ccc(OCC(=O)NNC(=O)CCc2nc(-c3cccs3)no2)cc1. The number of nitrogens with zero attached hydrogens (tertiary/aromatic N) is 2. The minimum atomic E-state index is -0.457. The lowest BCUT2D eigenvalue weighted by atomic mass is 10.2. The number of rotatable bonds is 7. The molecule has 1 aromatic carbocycles. The summed E-state index contributed by atoms with van der Waals surface area (Å²) in [5.41, 5.74) is 5.73. The third kappa shape index (κ3) is 5.65. The van der Waals surface area contributed by atoms with E-state index in [0.29, 0.717) is 17.5 Å². The number of carbonyl (C=O) groups excluding carboxylic acids is 2. The number of hydrogen-bond acceptors (Lipinski definition) is 7. The van der Waals surface area contributed by atoms with Crippen molar-refractivity contribution in [2.45, 2.75) is 19.8 Å². The molecule has 27 heavy (non-hydrogen) atoms. The van der Waals surface area contributed by atoms with Gasteiger partial charge >= 0.3 is 0 Å². The van der Waals surface area contributed by atoms with Crippen molar-refractivity contribution in [1.82, 2.24) is 21.0 Å². The van der Waals surface area contributed by atoms with Crippen LogP contribution < -0.4 is 15.6 Å². The Bertz CT molecular complexity index is 890. The van der Waals surface area contributed by atoms with E-state index in [2.05, 4.69) is 21.0 Å². The van der Waals surface area contributed by atoms with Crippen LogP contribution in [0, 0.1) is 6.92 Å². The monoisotopic (exact) mass is 386 g/mol. The van der Waals surface area contributed by atoms with Crippen LogP contribution in [-0.2, 0) is 16.0 Å². The lowest BCUT2D eigenvalue weighted by Crippen LogP contribution is -2.43. The van der Waals surface area contributed by atoms with E-state index in [0.717, 1.165) is 10.4 Å². The molecule has 0 radical (unpaired) electrons. The van der Waals surface area contributed by atoms with E-state index < -0.39 is 5.91 Å². The van der Waals surface area contributed by atoms with Crippen molar-refractivity contribution in [3.05, 3.63) is 53.2 Å². The van der Waals surface area contributed by atoms with Crippen LogP contribution in [0.15, 0.2) is 46.3 Å². The van der Waals surface area contributed by atoms with Gasteiger partial charge in [-0.15, -0.1) is 11.3 Å². The molecule has 140 valence electrons. The number of nitrogens with one attached hydrogen (secondary N) is 2. The first-order chi connectivity index (χ1) is 13.1. The van der Waals surface area contributed by atoms with Crippen molar-refractivity contribution < 1.29 is 18.8 Å².